The number of imidazole rings is 1. The quantitative estimate of drug-likeness (QED) is 0.718. The minimum Gasteiger partial charge on any atom is -0.497 e. The molecule has 2 aromatic heterocycles. The Bertz CT molecular complexity index is 800. The highest BCUT2D eigenvalue weighted by molar-refractivity contribution is 9.10. The molecule has 2 heterocycles. The van der Waals surface area contributed by atoms with E-state index < -0.39 is 0 Å². The van der Waals surface area contributed by atoms with Crippen LogP contribution in [0.3, 0.4) is 0 Å². The largest absolute Gasteiger partial charge is 0.497 e. The number of nitrogens with zero attached hydrogens (tertiary/aromatic N) is 3. The van der Waals surface area contributed by atoms with Gasteiger partial charge >= 0.3 is 0 Å². The molecule has 0 spiro atoms. The van der Waals surface area contributed by atoms with E-state index in [2.05, 4.69) is 41.8 Å². The molecule has 7 heteroatoms. The molecule has 0 amide bonds. The summed E-state index contributed by atoms with van der Waals surface area (Å²) in [4.78, 5) is 8.71. The van der Waals surface area contributed by atoms with Crippen LogP contribution in [0.25, 0.3) is 16.9 Å². The zero-order chi connectivity index (χ0) is 14.3. The molecule has 102 valence electrons. The average Bonchev–Trinajstić information content (AvgIpc) is 2.72. The van der Waals surface area contributed by atoms with E-state index in [1.165, 1.54) is 0 Å². The van der Waals surface area contributed by atoms with Gasteiger partial charge in [0.05, 0.1) is 12.8 Å². The van der Waals surface area contributed by atoms with Crippen molar-refractivity contribution in [3.05, 3.63) is 39.4 Å². The number of ether oxygens (including phenoxy) is 1. The number of benzene rings is 1. The Kier molecular flexibility index (Phi) is 3.39. The molecule has 20 heavy (non-hydrogen) atoms. The number of nitrogen functional groups attached to an aromatic ring is 1. The van der Waals surface area contributed by atoms with Gasteiger partial charge in [0, 0.05) is 21.2 Å². The van der Waals surface area contributed by atoms with E-state index in [-0.39, 0.29) is 0 Å². The Balaban J connectivity index is 2.29. The first-order valence-electron chi connectivity index (χ1n) is 5.73. The van der Waals surface area contributed by atoms with Crippen molar-refractivity contribution >= 4 is 49.0 Å². The van der Waals surface area contributed by atoms with Crippen LogP contribution < -0.4 is 10.5 Å². The van der Waals surface area contributed by atoms with Crippen molar-refractivity contribution in [1.29, 1.82) is 0 Å². The number of fused-ring (bicyclic) bond motifs is 1. The topological polar surface area (TPSA) is 66.0 Å². The summed E-state index contributed by atoms with van der Waals surface area (Å²) < 4.78 is 8.82. The molecule has 0 aliphatic carbocycles. The molecule has 0 saturated heterocycles. The molecule has 2 N–H and O–H groups in total. The third kappa shape index (κ3) is 2.27. The summed E-state index contributed by atoms with van der Waals surface area (Å²) in [5.41, 5.74) is 8.29. The molecule has 0 aliphatic heterocycles. The Labute approximate surface area is 132 Å². The van der Waals surface area contributed by atoms with Crippen molar-refractivity contribution in [3.8, 4) is 11.4 Å². The Morgan fingerprint density at radius 2 is 1.95 bits per heavy atom. The number of hydrogen-bond acceptors (Lipinski definition) is 4. The van der Waals surface area contributed by atoms with Gasteiger partial charge in [-0.1, -0.05) is 15.9 Å². The van der Waals surface area contributed by atoms with Gasteiger partial charge in [-0.2, -0.15) is 0 Å². The molecule has 0 unspecified atom stereocenters. The van der Waals surface area contributed by atoms with Gasteiger partial charge in [0.1, 0.15) is 11.3 Å². The van der Waals surface area contributed by atoms with Crippen LogP contribution in [0.5, 0.6) is 5.75 Å². The van der Waals surface area contributed by atoms with Crippen LogP contribution in [-0.4, -0.2) is 21.6 Å². The highest BCUT2D eigenvalue weighted by atomic mass is 79.9. The van der Waals surface area contributed by atoms with E-state index in [9.17, 15) is 0 Å². The van der Waals surface area contributed by atoms with Crippen molar-refractivity contribution in [2.24, 2.45) is 0 Å². The van der Waals surface area contributed by atoms with Crippen molar-refractivity contribution in [2.75, 3.05) is 12.8 Å². The molecule has 0 aliphatic rings. The molecule has 0 fully saturated rings. The van der Waals surface area contributed by atoms with Crippen LogP contribution >= 0.6 is 31.9 Å². The average molecular weight is 398 g/mol. The van der Waals surface area contributed by atoms with Crippen molar-refractivity contribution in [1.82, 2.24) is 14.5 Å². The second kappa shape index (κ2) is 5.06. The second-order valence-corrected chi connectivity index (χ2v) is 5.98. The maximum Gasteiger partial charge on any atom is 0.207 e. The van der Waals surface area contributed by atoms with Crippen LogP contribution in [0, 0.1) is 0 Å². The zero-order valence-electron chi connectivity index (χ0n) is 10.5. The lowest BCUT2D eigenvalue weighted by Gasteiger charge is -2.09. The number of methoxy groups -OCH3 is 1. The zero-order valence-corrected chi connectivity index (χ0v) is 13.6. The van der Waals surface area contributed by atoms with Gasteiger partial charge in [-0.05, 0) is 34.1 Å². The summed E-state index contributed by atoms with van der Waals surface area (Å²) in [6.45, 7) is 0. The Hall–Kier alpha value is -1.60. The number of pyridine rings is 1. The SMILES string of the molecule is COc1cc(Br)cc(-n2c(N)nc3cc(Br)cnc32)c1. The van der Waals surface area contributed by atoms with Crippen LogP contribution in [0.2, 0.25) is 0 Å². The van der Waals surface area contributed by atoms with Crippen molar-refractivity contribution in [3.63, 3.8) is 0 Å². The smallest absolute Gasteiger partial charge is 0.207 e. The van der Waals surface area contributed by atoms with E-state index >= 15 is 0 Å². The van der Waals surface area contributed by atoms with E-state index in [1.54, 1.807) is 17.9 Å². The number of halogens is 2. The standard InChI is InChI=1S/C13H10Br2N4O/c1-20-10-3-7(14)2-9(5-10)19-12-11(18-13(19)16)4-8(15)6-17-12/h2-6H,1H3,(H2,16,18). The second-order valence-electron chi connectivity index (χ2n) is 4.15. The van der Waals surface area contributed by atoms with Crippen LogP contribution in [0.15, 0.2) is 39.4 Å². The summed E-state index contributed by atoms with van der Waals surface area (Å²) in [5.74, 6) is 1.11. The van der Waals surface area contributed by atoms with Gasteiger partial charge in [-0.25, -0.2) is 9.97 Å². The highest BCUT2D eigenvalue weighted by Gasteiger charge is 2.13. The predicted molar refractivity (Wildman–Crippen MR) is 85.2 cm³/mol. The van der Waals surface area contributed by atoms with Crippen molar-refractivity contribution < 1.29 is 4.74 Å². The van der Waals surface area contributed by atoms with Gasteiger partial charge in [-0.3, -0.25) is 4.57 Å². The maximum atomic E-state index is 6.02. The molecule has 5 nitrogen and oxygen atoms in total. The number of anilines is 1. The first-order valence-corrected chi connectivity index (χ1v) is 7.31. The minimum absolute atomic E-state index is 0.380. The molecule has 0 atom stereocenters. The van der Waals surface area contributed by atoms with Crippen LogP contribution in [-0.2, 0) is 0 Å². The Morgan fingerprint density at radius 1 is 1.15 bits per heavy atom. The fourth-order valence-corrected chi connectivity index (χ4v) is 2.79. The van der Waals surface area contributed by atoms with Crippen molar-refractivity contribution in [2.45, 2.75) is 0 Å². The van der Waals surface area contributed by atoms with Gasteiger partial charge in [-0.15, -0.1) is 0 Å². The predicted octanol–water partition coefficient (Wildman–Crippen LogP) is 3.54. The van der Waals surface area contributed by atoms with Gasteiger partial charge in [0.25, 0.3) is 0 Å². The van der Waals surface area contributed by atoms with E-state index in [4.69, 9.17) is 10.5 Å². The van der Waals surface area contributed by atoms with Gasteiger partial charge in [0.2, 0.25) is 5.95 Å². The van der Waals surface area contributed by atoms with E-state index in [1.807, 2.05) is 24.3 Å². The monoisotopic (exact) mass is 396 g/mol. The first-order chi connectivity index (χ1) is 9.58. The lowest BCUT2D eigenvalue weighted by molar-refractivity contribution is 0.414. The number of nitrogens with two attached hydrogens (primary N) is 1. The molecule has 1 aromatic carbocycles. The fraction of sp³-hybridized carbons (Fsp3) is 0.0769. The summed E-state index contributed by atoms with van der Waals surface area (Å²) >= 11 is 6.83. The maximum absolute atomic E-state index is 6.02. The number of rotatable bonds is 2. The highest BCUT2D eigenvalue weighted by Crippen LogP contribution is 2.28. The number of hydrogen-bond donors (Lipinski definition) is 1. The lowest BCUT2D eigenvalue weighted by atomic mass is 10.3. The van der Waals surface area contributed by atoms with E-state index in [0.29, 0.717) is 11.6 Å². The molecular formula is C13H10Br2N4O. The number of aromatic nitrogens is 3. The van der Waals surface area contributed by atoms with Gasteiger partial charge in [0.15, 0.2) is 5.65 Å². The van der Waals surface area contributed by atoms with E-state index in [0.717, 1.165) is 25.9 Å². The van der Waals surface area contributed by atoms with Gasteiger partial charge < -0.3 is 10.5 Å². The molecule has 3 rings (SSSR count). The first kappa shape index (κ1) is 13.4. The molecule has 0 saturated carbocycles. The molecule has 0 bridgehead atoms. The lowest BCUT2D eigenvalue weighted by Crippen LogP contribution is -2.02. The third-order valence-corrected chi connectivity index (χ3v) is 3.73. The molecular weight excluding hydrogens is 388 g/mol. The molecule has 3 aromatic rings. The third-order valence-electron chi connectivity index (χ3n) is 2.84. The summed E-state index contributed by atoms with van der Waals surface area (Å²) in [6, 6.07) is 7.57. The minimum atomic E-state index is 0.380. The summed E-state index contributed by atoms with van der Waals surface area (Å²) in [6.07, 6.45) is 1.72. The summed E-state index contributed by atoms with van der Waals surface area (Å²) in [7, 11) is 1.62. The molecule has 0 radical (unpaired) electrons. The van der Waals surface area contributed by atoms with Crippen LogP contribution in [0.4, 0.5) is 5.95 Å². The fourth-order valence-electron chi connectivity index (χ4n) is 2.01. The Morgan fingerprint density at radius 3 is 2.70 bits per heavy atom. The van der Waals surface area contributed by atoms with Crippen LogP contribution in [0.1, 0.15) is 0 Å². The normalized spacial score (nSPS) is 10.9. The summed E-state index contributed by atoms with van der Waals surface area (Å²) in [5, 5.41) is 0.